The normalized spacial score (nSPS) is 13.3. The number of hydrogen-bond donors (Lipinski definition) is 3. The first-order chi connectivity index (χ1) is 18.2. The number of carbonyl (C=O) groups is 3. The van der Waals surface area contributed by atoms with Crippen molar-refractivity contribution in [1.82, 2.24) is 9.88 Å². The van der Waals surface area contributed by atoms with E-state index in [1.165, 1.54) is 55.0 Å². The molecule has 0 aliphatic carbocycles. The van der Waals surface area contributed by atoms with Crippen LogP contribution in [0.1, 0.15) is 81.7 Å². The zero-order chi connectivity index (χ0) is 27.7. The number of aromatic nitrogens is 1. The van der Waals surface area contributed by atoms with Crippen LogP contribution < -0.4 is 5.32 Å². The van der Waals surface area contributed by atoms with Gasteiger partial charge in [0.25, 0.3) is 11.8 Å². The molecule has 38 heavy (non-hydrogen) atoms. The molecule has 1 aliphatic heterocycles. The van der Waals surface area contributed by atoms with Gasteiger partial charge >= 0.3 is 0 Å². The number of carbonyl (C=O) groups excluding carboxylic acids is 3. The number of rotatable bonds is 7. The second-order valence-electron chi connectivity index (χ2n) is 9.00. The van der Waals surface area contributed by atoms with E-state index in [0.717, 1.165) is 24.3 Å². The molecule has 0 radical (unpaired) electrons. The van der Waals surface area contributed by atoms with E-state index in [1.54, 1.807) is 22.4 Å². The third-order valence-electron chi connectivity index (χ3n) is 6.14. The first-order valence-electron chi connectivity index (χ1n) is 12.5. The summed E-state index contributed by atoms with van der Waals surface area (Å²) in [6.45, 7) is 8.26. The topological polar surface area (TPSA) is 120 Å². The van der Waals surface area contributed by atoms with E-state index in [-0.39, 0.29) is 40.5 Å². The fraction of sp³-hybridized carbons (Fsp3) is 0.310. The molecule has 2 heterocycles. The van der Waals surface area contributed by atoms with Crippen molar-refractivity contribution in [1.29, 1.82) is 0 Å². The molecule has 3 aromatic rings. The predicted molar refractivity (Wildman–Crippen MR) is 149 cm³/mol. The number of phenols is 2. The Morgan fingerprint density at radius 1 is 1.11 bits per heavy atom. The smallest absolute Gasteiger partial charge is 0.275 e. The summed E-state index contributed by atoms with van der Waals surface area (Å²) in [6.07, 6.45) is 5.78. The molecule has 1 aromatic heterocycles. The summed E-state index contributed by atoms with van der Waals surface area (Å²) in [7, 11) is 0. The molecule has 0 spiro atoms. The van der Waals surface area contributed by atoms with Crippen LogP contribution in [0.4, 0.5) is 5.69 Å². The van der Waals surface area contributed by atoms with Crippen LogP contribution in [0.15, 0.2) is 60.5 Å². The number of thiazole rings is 1. The summed E-state index contributed by atoms with van der Waals surface area (Å²) in [4.78, 5) is 43.1. The Morgan fingerprint density at radius 2 is 1.76 bits per heavy atom. The van der Waals surface area contributed by atoms with Crippen LogP contribution in [0.2, 0.25) is 0 Å². The number of nitrogens with one attached hydrogen (secondary N) is 1. The Kier molecular flexibility index (Phi) is 10.2. The number of piperidine rings is 1. The van der Waals surface area contributed by atoms with Crippen LogP contribution in [0.5, 0.6) is 11.5 Å². The van der Waals surface area contributed by atoms with E-state index in [4.69, 9.17) is 0 Å². The molecule has 8 nitrogen and oxygen atoms in total. The van der Waals surface area contributed by atoms with Gasteiger partial charge in [-0.25, -0.2) is 4.98 Å². The zero-order valence-electron chi connectivity index (χ0n) is 21.6. The molecular weight excluding hydrogens is 502 g/mol. The standard InChI is InChI=1S/C24H23N3O5S.C5H10/c1-14(28)17-4-7-21(30)19(12-17)25-22(31)20-13-33-23(26-20)15-8-10-27(11-9-15)24(32)16-2-5-18(29)6-3-16;1-3-5-4-2/h2-7,12-13,15,29-30H,8-11H2,1H3,(H,25,31);3H,1,4-5H2,2H3. The van der Waals surface area contributed by atoms with Gasteiger partial charge in [-0.15, -0.1) is 17.9 Å². The first-order valence-corrected chi connectivity index (χ1v) is 13.4. The number of anilines is 1. The number of hydrogen-bond acceptors (Lipinski definition) is 7. The number of Topliss-reactive ketones (excluding diaryl/α,β-unsaturated/α-hetero) is 1. The molecule has 0 saturated carbocycles. The number of unbranched alkanes of at least 4 members (excludes halogenated alkanes) is 1. The van der Waals surface area contributed by atoms with Gasteiger partial charge in [0, 0.05) is 35.5 Å². The van der Waals surface area contributed by atoms with Crippen LogP contribution in [-0.4, -0.2) is 50.8 Å². The molecule has 9 heteroatoms. The highest BCUT2D eigenvalue weighted by Gasteiger charge is 2.27. The highest BCUT2D eigenvalue weighted by molar-refractivity contribution is 7.10. The minimum absolute atomic E-state index is 0.0692. The van der Waals surface area contributed by atoms with Crippen molar-refractivity contribution in [2.45, 2.75) is 45.4 Å². The molecule has 2 amide bonds. The minimum Gasteiger partial charge on any atom is -0.508 e. The zero-order valence-corrected chi connectivity index (χ0v) is 22.5. The largest absolute Gasteiger partial charge is 0.508 e. The van der Waals surface area contributed by atoms with Gasteiger partial charge in [0.05, 0.1) is 10.7 Å². The molecule has 0 bridgehead atoms. The van der Waals surface area contributed by atoms with Crippen LogP contribution in [0.3, 0.4) is 0 Å². The maximum Gasteiger partial charge on any atom is 0.275 e. The minimum atomic E-state index is -0.464. The Labute approximate surface area is 226 Å². The summed E-state index contributed by atoms with van der Waals surface area (Å²) >= 11 is 1.40. The predicted octanol–water partition coefficient (Wildman–Crippen LogP) is 6.00. The Bertz CT molecular complexity index is 1280. The van der Waals surface area contributed by atoms with Crippen molar-refractivity contribution in [3.8, 4) is 11.5 Å². The van der Waals surface area contributed by atoms with E-state index >= 15 is 0 Å². The molecule has 0 atom stereocenters. The number of allylic oxidation sites excluding steroid dienone is 1. The van der Waals surface area contributed by atoms with Crippen molar-refractivity contribution < 1.29 is 24.6 Å². The van der Waals surface area contributed by atoms with Crippen molar-refractivity contribution in [3.63, 3.8) is 0 Å². The summed E-state index contributed by atoms with van der Waals surface area (Å²) in [6, 6.07) is 10.5. The number of ketones is 1. The van der Waals surface area contributed by atoms with Crippen molar-refractivity contribution >= 4 is 34.6 Å². The molecule has 2 aromatic carbocycles. The molecule has 1 aliphatic rings. The van der Waals surface area contributed by atoms with Gasteiger partial charge < -0.3 is 20.4 Å². The number of amides is 2. The van der Waals surface area contributed by atoms with Gasteiger partial charge in [0.1, 0.15) is 17.2 Å². The second kappa shape index (κ2) is 13.5. The highest BCUT2D eigenvalue weighted by Crippen LogP contribution is 2.32. The van der Waals surface area contributed by atoms with Crippen LogP contribution in [0.25, 0.3) is 0 Å². The van der Waals surface area contributed by atoms with Crippen LogP contribution in [-0.2, 0) is 0 Å². The second-order valence-corrected chi connectivity index (χ2v) is 9.89. The summed E-state index contributed by atoms with van der Waals surface area (Å²) in [5.74, 6) is -0.564. The average Bonchev–Trinajstić information content (AvgIpc) is 3.41. The van der Waals surface area contributed by atoms with E-state index < -0.39 is 5.91 Å². The lowest BCUT2D eigenvalue weighted by Crippen LogP contribution is -2.37. The first kappa shape index (κ1) is 28.6. The SMILES string of the molecule is C=CCCC.CC(=O)c1ccc(O)c(NC(=O)c2csc(C3CCN(C(=O)c4ccc(O)cc4)CC3)n2)c1. The summed E-state index contributed by atoms with van der Waals surface area (Å²) < 4.78 is 0. The lowest BCUT2D eigenvalue weighted by Gasteiger charge is -2.31. The van der Waals surface area contributed by atoms with Gasteiger partial charge in [-0.05, 0) is 68.7 Å². The third-order valence-corrected chi connectivity index (χ3v) is 7.15. The van der Waals surface area contributed by atoms with Crippen molar-refractivity contribution in [2.24, 2.45) is 0 Å². The van der Waals surface area contributed by atoms with Gasteiger partial charge in [0.2, 0.25) is 0 Å². The molecule has 0 unspecified atom stereocenters. The third kappa shape index (κ3) is 7.52. The number of phenolic OH excluding ortho intramolecular Hbond substituents is 2. The van der Waals surface area contributed by atoms with Crippen LogP contribution in [0, 0.1) is 0 Å². The quantitative estimate of drug-likeness (QED) is 0.194. The molecular formula is C29H33N3O5S. The van der Waals surface area contributed by atoms with E-state index in [2.05, 4.69) is 23.8 Å². The average molecular weight is 536 g/mol. The van der Waals surface area contributed by atoms with E-state index in [9.17, 15) is 24.6 Å². The van der Waals surface area contributed by atoms with Gasteiger partial charge in [-0.2, -0.15) is 0 Å². The van der Waals surface area contributed by atoms with Gasteiger partial charge in [-0.3, -0.25) is 14.4 Å². The monoisotopic (exact) mass is 535 g/mol. The van der Waals surface area contributed by atoms with E-state index in [1.807, 2.05) is 6.08 Å². The summed E-state index contributed by atoms with van der Waals surface area (Å²) in [5, 5.41) is 24.5. The maximum absolute atomic E-state index is 12.7. The van der Waals surface area contributed by atoms with Crippen LogP contribution >= 0.6 is 11.3 Å². The fourth-order valence-corrected chi connectivity index (χ4v) is 4.91. The van der Waals surface area contributed by atoms with Gasteiger partial charge in [0.15, 0.2) is 5.78 Å². The molecule has 3 N–H and O–H groups in total. The van der Waals surface area contributed by atoms with Crippen molar-refractivity contribution in [3.05, 3.63) is 82.3 Å². The number of aromatic hydroxyl groups is 2. The Balaban J connectivity index is 0.000000732. The van der Waals surface area contributed by atoms with Gasteiger partial charge in [-0.1, -0.05) is 19.4 Å². The Hall–Kier alpha value is -3.98. The number of nitrogens with zero attached hydrogens (tertiary/aromatic N) is 2. The molecule has 200 valence electrons. The summed E-state index contributed by atoms with van der Waals surface area (Å²) in [5.41, 5.74) is 1.32. The molecule has 4 rings (SSSR count). The number of likely N-dealkylation sites (tertiary alicyclic amines) is 1. The molecule has 1 fully saturated rings. The lowest BCUT2D eigenvalue weighted by molar-refractivity contribution is 0.0712. The maximum atomic E-state index is 12.7. The fourth-order valence-electron chi connectivity index (χ4n) is 3.94. The van der Waals surface area contributed by atoms with E-state index in [0.29, 0.717) is 24.2 Å². The Morgan fingerprint density at radius 3 is 2.34 bits per heavy atom. The lowest BCUT2D eigenvalue weighted by atomic mass is 9.97. The number of benzene rings is 2. The van der Waals surface area contributed by atoms with Crippen molar-refractivity contribution in [2.75, 3.05) is 18.4 Å². The molecule has 1 saturated heterocycles. The highest BCUT2D eigenvalue weighted by atomic mass is 32.1.